The lowest BCUT2D eigenvalue weighted by molar-refractivity contribution is -0.384. The number of ether oxygens (including phenoxy) is 1. The third-order valence-corrected chi connectivity index (χ3v) is 4.92. The zero-order valence-electron chi connectivity index (χ0n) is 15.4. The number of rotatable bonds is 6. The monoisotopic (exact) mass is 404 g/mol. The molecule has 0 aromatic heterocycles. The van der Waals surface area contributed by atoms with Gasteiger partial charge in [0.25, 0.3) is 5.69 Å². The third kappa shape index (κ3) is 4.90. The molecule has 0 atom stereocenters. The molecule has 9 heteroatoms. The molecule has 1 heterocycles. The van der Waals surface area contributed by atoms with Crippen molar-refractivity contribution in [1.29, 1.82) is 0 Å². The van der Waals surface area contributed by atoms with Crippen molar-refractivity contribution in [1.82, 2.24) is 4.90 Å². The summed E-state index contributed by atoms with van der Waals surface area (Å²) in [7, 11) is 1.64. The highest BCUT2D eigenvalue weighted by molar-refractivity contribution is 6.32. The molecule has 0 bridgehead atoms. The minimum absolute atomic E-state index is 0.0395. The van der Waals surface area contributed by atoms with Crippen LogP contribution in [-0.4, -0.2) is 55.6 Å². The second-order valence-electron chi connectivity index (χ2n) is 6.43. The number of amides is 1. The molecule has 1 amide bonds. The molecular formula is C19H21ClN4O4. The van der Waals surface area contributed by atoms with Gasteiger partial charge in [0.1, 0.15) is 10.8 Å². The van der Waals surface area contributed by atoms with Gasteiger partial charge in [0.2, 0.25) is 5.91 Å². The van der Waals surface area contributed by atoms with Crippen LogP contribution in [0.15, 0.2) is 42.5 Å². The predicted octanol–water partition coefficient (Wildman–Crippen LogP) is 3.02. The Bertz CT molecular complexity index is 852. The molecule has 148 valence electrons. The van der Waals surface area contributed by atoms with Crippen LogP contribution in [0.3, 0.4) is 0 Å². The summed E-state index contributed by atoms with van der Waals surface area (Å²) in [5, 5.41) is 13.7. The van der Waals surface area contributed by atoms with Gasteiger partial charge in [0, 0.05) is 43.6 Å². The zero-order valence-corrected chi connectivity index (χ0v) is 16.2. The maximum atomic E-state index is 12.3. The quantitative estimate of drug-likeness (QED) is 0.588. The number of piperazine rings is 1. The Kier molecular flexibility index (Phi) is 6.33. The number of nitro groups is 1. The van der Waals surface area contributed by atoms with Crippen LogP contribution in [0.5, 0.6) is 5.75 Å². The molecule has 3 rings (SSSR count). The smallest absolute Gasteiger partial charge is 0.289 e. The van der Waals surface area contributed by atoms with Crippen LogP contribution in [0.25, 0.3) is 0 Å². The first-order valence-corrected chi connectivity index (χ1v) is 9.19. The standard InChI is InChI=1S/C19H21ClN4O4/c1-28-16-5-3-15(4-6-16)23-10-8-22(9-11-23)13-19(25)21-14-2-7-17(20)18(12-14)24(26)27/h2-7,12H,8-11,13H2,1H3,(H,21,25). The van der Waals surface area contributed by atoms with Gasteiger partial charge in [-0.3, -0.25) is 19.8 Å². The molecule has 1 aliphatic heterocycles. The summed E-state index contributed by atoms with van der Waals surface area (Å²) in [5.74, 6) is 0.607. The summed E-state index contributed by atoms with van der Waals surface area (Å²) in [4.78, 5) is 27.0. The molecule has 2 aromatic carbocycles. The van der Waals surface area contributed by atoms with Crippen molar-refractivity contribution in [2.45, 2.75) is 0 Å². The summed E-state index contributed by atoms with van der Waals surface area (Å²) in [5.41, 5.74) is 1.25. The van der Waals surface area contributed by atoms with Gasteiger partial charge in [-0.2, -0.15) is 0 Å². The molecule has 1 saturated heterocycles. The lowest BCUT2D eigenvalue weighted by atomic mass is 10.2. The SMILES string of the molecule is COc1ccc(N2CCN(CC(=O)Nc3ccc(Cl)c([N+](=O)[O-])c3)CC2)cc1. The van der Waals surface area contributed by atoms with Crippen molar-refractivity contribution in [2.24, 2.45) is 0 Å². The Morgan fingerprint density at radius 2 is 1.86 bits per heavy atom. The lowest BCUT2D eigenvalue weighted by Gasteiger charge is -2.35. The van der Waals surface area contributed by atoms with E-state index in [1.165, 1.54) is 12.1 Å². The van der Waals surface area contributed by atoms with E-state index in [2.05, 4.69) is 15.1 Å². The summed E-state index contributed by atoms with van der Waals surface area (Å²) in [6, 6.07) is 12.1. The molecule has 2 aromatic rings. The van der Waals surface area contributed by atoms with Gasteiger partial charge < -0.3 is 15.0 Å². The van der Waals surface area contributed by atoms with Crippen molar-refractivity contribution < 1.29 is 14.5 Å². The van der Waals surface area contributed by atoms with Crippen LogP contribution in [0.1, 0.15) is 0 Å². The van der Waals surface area contributed by atoms with Crippen molar-refractivity contribution in [2.75, 3.05) is 50.1 Å². The molecule has 0 spiro atoms. The topological polar surface area (TPSA) is 88.0 Å². The van der Waals surface area contributed by atoms with Gasteiger partial charge >= 0.3 is 0 Å². The molecule has 8 nitrogen and oxygen atoms in total. The fourth-order valence-corrected chi connectivity index (χ4v) is 3.28. The number of methoxy groups -OCH3 is 1. The van der Waals surface area contributed by atoms with Gasteiger partial charge in [0.05, 0.1) is 18.6 Å². The van der Waals surface area contributed by atoms with E-state index in [0.717, 1.165) is 37.6 Å². The van der Waals surface area contributed by atoms with Gasteiger partial charge in [-0.15, -0.1) is 0 Å². The number of nitrogens with one attached hydrogen (secondary N) is 1. The minimum Gasteiger partial charge on any atom is -0.497 e. The van der Waals surface area contributed by atoms with E-state index in [4.69, 9.17) is 16.3 Å². The van der Waals surface area contributed by atoms with E-state index in [9.17, 15) is 14.9 Å². The number of anilines is 2. The molecule has 28 heavy (non-hydrogen) atoms. The maximum Gasteiger partial charge on any atom is 0.289 e. The number of halogens is 1. The third-order valence-electron chi connectivity index (χ3n) is 4.60. The number of nitro benzene ring substituents is 1. The minimum atomic E-state index is -0.573. The molecule has 1 aliphatic rings. The Balaban J connectivity index is 1.51. The van der Waals surface area contributed by atoms with Crippen LogP contribution < -0.4 is 15.0 Å². The highest BCUT2D eigenvalue weighted by Crippen LogP contribution is 2.27. The van der Waals surface area contributed by atoms with E-state index in [-0.39, 0.29) is 23.2 Å². The molecule has 1 fully saturated rings. The number of carbonyl (C=O) groups excluding carboxylic acids is 1. The molecule has 0 aliphatic carbocycles. The van der Waals surface area contributed by atoms with Crippen LogP contribution >= 0.6 is 11.6 Å². The highest BCUT2D eigenvalue weighted by Gasteiger charge is 2.20. The molecule has 0 radical (unpaired) electrons. The van der Waals surface area contributed by atoms with E-state index in [0.29, 0.717) is 5.69 Å². The average molecular weight is 405 g/mol. The molecular weight excluding hydrogens is 384 g/mol. The van der Waals surface area contributed by atoms with E-state index in [1.807, 2.05) is 24.3 Å². The second kappa shape index (κ2) is 8.90. The Hall–Kier alpha value is -2.84. The average Bonchev–Trinajstić information content (AvgIpc) is 2.70. The largest absolute Gasteiger partial charge is 0.497 e. The number of carbonyl (C=O) groups is 1. The van der Waals surface area contributed by atoms with E-state index in [1.54, 1.807) is 13.2 Å². The first-order chi connectivity index (χ1) is 13.5. The van der Waals surface area contributed by atoms with Crippen molar-refractivity contribution >= 4 is 34.6 Å². The summed E-state index contributed by atoms with van der Waals surface area (Å²) < 4.78 is 5.18. The Morgan fingerprint density at radius 1 is 1.18 bits per heavy atom. The molecule has 0 unspecified atom stereocenters. The Labute approximate surface area is 167 Å². The highest BCUT2D eigenvalue weighted by atomic mass is 35.5. The van der Waals surface area contributed by atoms with Crippen molar-refractivity contribution in [3.63, 3.8) is 0 Å². The predicted molar refractivity (Wildman–Crippen MR) is 108 cm³/mol. The van der Waals surface area contributed by atoms with Crippen LogP contribution in [0, 0.1) is 10.1 Å². The summed E-state index contributed by atoms with van der Waals surface area (Å²) >= 11 is 5.79. The number of hydrogen-bond acceptors (Lipinski definition) is 6. The fourth-order valence-electron chi connectivity index (χ4n) is 3.09. The molecule has 1 N–H and O–H groups in total. The first kappa shape index (κ1) is 19.9. The number of hydrogen-bond donors (Lipinski definition) is 1. The normalized spacial score (nSPS) is 14.6. The lowest BCUT2D eigenvalue weighted by Crippen LogP contribution is -2.48. The fraction of sp³-hybridized carbons (Fsp3) is 0.316. The second-order valence-corrected chi connectivity index (χ2v) is 6.84. The van der Waals surface area contributed by atoms with Crippen LogP contribution in [0.4, 0.5) is 17.1 Å². The van der Waals surface area contributed by atoms with Crippen LogP contribution in [-0.2, 0) is 4.79 Å². The van der Waals surface area contributed by atoms with Gasteiger partial charge in [-0.1, -0.05) is 11.6 Å². The van der Waals surface area contributed by atoms with E-state index >= 15 is 0 Å². The van der Waals surface area contributed by atoms with Gasteiger partial charge in [-0.25, -0.2) is 0 Å². The Morgan fingerprint density at radius 3 is 2.46 bits per heavy atom. The summed E-state index contributed by atoms with van der Waals surface area (Å²) in [6.07, 6.45) is 0. The van der Waals surface area contributed by atoms with Gasteiger partial charge in [0.15, 0.2) is 0 Å². The van der Waals surface area contributed by atoms with Gasteiger partial charge in [-0.05, 0) is 36.4 Å². The number of nitrogens with zero attached hydrogens (tertiary/aromatic N) is 3. The van der Waals surface area contributed by atoms with Crippen LogP contribution in [0.2, 0.25) is 5.02 Å². The summed E-state index contributed by atoms with van der Waals surface area (Å²) in [6.45, 7) is 3.35. The number of benzene rings is 2. The maximum absolute atomic E-state index is 12.3. The van der Waals surface area contributed by atoms with Crippen molar-refractivity contribution in [3.8, 4) is 5.75 Å². The van der Waals surface area contributed by atoms with Crippen molar-refractivity contribution in [3.05, 3.63) is 57.6 Å². The first-order valence-electron chi connectivity index (χ1n) is 8.81. The molecule has 0 saturated carbocycles. The van der Waals surface area contributed by atoms with E-state index < -0.39 is 4.92 Å². The zero-order chi connectivity index (χ0) is 20.1.